The second kappa shape index (κ2) is 5.49. The first kappa shape index (κ1) is 14.3. The van der Waals surface area contributed by atoms with Crippen molar-refractivity contribution in [1.29, 1.82) is 0 Å². The molecule has 0 saturated heterocycles. The Bertz CT molecular complexity index is 654. The molecule has 0 bridgehead atoms. The Balaban J connectivity index is 2.31. The van der Waals surface area contributed by atoms with Crippen LogP contribution in [0, 0.1) is 31.3 Å². The van der Waals surface area contributed by atoms with Gasteiger partial charge < -0.3 is 0 Å². The van der Waals surface area contributed by atoms with Crippen LogP contribution in [0.5, 0.6) is 0 Å². The SMILES string of the molecule is Cc1ccc(CC(=O)c2c(F)cc(F)cc2F)cc1C. The van der Waals surface area contributed by atoms with Gasteiger partial charge in [-0.15, -0.1) is 0 Å². The van der Waals surface area contributed by atoms with Gasteiger partial charge in [-0.3, -0.25) is 4.79 Å². The van der Waals surface area contributed by atoms with Gasteiger partial charge in [-0.2, -0.15) is 0 Å². The van der Waals surface area contributed by atoms with Crippen molar-refractivity contribution < 1.29 is 18.0 Å². The van der Waals surface area contributed by atoms with Gasteiger partial charge in [0.2, 0.25) is 0 Å². The normalized spacial score (nSPS) is 10.7. The number of carbonyl (C=O) groups excluding carboxylic acids is 1. The van der Waals surface area contributed by atoms with E-state index in [0.29, 0.717) is 17.7 Å². The average molecular weight is 278 g/mol. The fourth-order valence-corrected chi connectivity index (χ4v) is 2.00. The molecule has 0 fully saturated rings. The molecule has 2 aromatic carbocycles. The Morgan fingerprint density at radius 1 is 0.950 bits per heavy atom. The Labute approximate surface area is 115 Å². The molecule has 0 radical (unpaired) electrons. The molecular weight excluding hydrogens is 265 g/mol. The van der Waals surface area contributed by atoms with Gasteiger partial charge >= 0.3 is 0 Å². The average Bonchev–Trinajstić information content (AvgIpc) is 2.32. The Kier molecular flexibility index (Phi) is 3.93. The molecule has 20 heavy (non-hydrogen) atoms. The maximum absolute atomic E-state index is 13.5. The van der Waals surface area contributed by atoms with Gasteiger partial charge in [0.25, 0.3) is 0 Å². The van der Waals surface area contributed by atoms with Crippen LogP contribution < -0.4 is 0 Å². The second-order valence-corrected chi connectivity index (χ2v) is 4.76. The van der Waals surface area contributed by atoms with E-state index in [-0.39, 0.29) is 6.42 Å². The van der Waals surface area contributed by atoms with Crippen molar-refractivity contribution in [1.82, 2.24) is 0 Å². The van der Waals surface area contributed by atoms with E-state index in [9.17, 15) is 18.0 Å². The molecule has 104 valence electrons. The minimum absolute atomic E-state index is 0.124. The van der Waals surface area contributed by atoms with Crippen LogP contribution in [0.25, 0.3) is 0 Å². The van der Waals surface area contributed by atoms with Crippen molar-refractivity contribution >= 4 is 5.78 Å². The number of carbonyl (C=O) groups is 1. The number of benzene rings is 2. The lowest BCUT2D eigenvalue weighted by Gasteiger charge is -2.07. The molecule has 0 atom stereocenters. The largest absolute Gasteiger partial charge is 0.294 e. The highest BCUT2D eigenvalue weighted by Crippen LogP contribution is 2.18. The molecule has 0 aromatic heterocycles. The maximum atomic E-state index is 13.5. The molecule has 0 aliphatic rings. The van der Waals surface area contributed by atoms with E-state index in [2.05, 4.69) is 0 Å². The van der Waals surface area contributed by atoms with Crippen LogP contribution >= 0.6 is 0 Å². The molecule has 0 unspecified atom stereocenters. The number of ketones is 1. The fourth-order valence-electron chi connectivity index (χ4n) is 2.00. The quantitative estimate of drug-likeness (QED) is 0.771. The van der Waals surface area contributed by atoms with Crippen molar-refractivity contribution in [2.75, 3.05) is 0 Å². The maximum Gasteiger partial charge on any atom is 0.173 e. The molecule has 0 aliphatic heterocycles. The molecule has 0 N–H and O–H groups in total. The number of hydrogen-bond donors (Lipinski definition) is 0. The van der Waals surface area contributed by atoms with E-state index in [1.165, 1.54) is 0 Å². The van der Waals surface area contributed by atoms with E-state index in [4.69, 9.17) is 0 Å². The summed E-state index contributed by atoms with van der Waals surface area (Å²) in [5.41, 5.74) is 2.04. The van der Waals surface area contributed by atoms with E-state index < -0.39 is 28.8 Å². The lowest BCUT2D eigenvalue weighted by Crippen LogP contribution is -2.10. The summed E-state index contributed by atoms with van der Waals surface area (Å²) in [5, 5.41) is 0. The summed E-state index contributed by atoms with van der Waals surface area (Å²) >= 11 is 0. The van der Waals surface area contributed by atoms with Gasteiger partial charge in [-0.05, 0) is 30.5 Å². The number of hydrogen-bond acceptors (Lipinski definition) is 1. The number of rotatable bonds is 3. The molecule has 1 nitrogen and oxygen atoms in total. The molecule has 0 spiro atoms. The van der Waals surface area contributed by atoms with Crippen LogP contribution in [0.2, 0.25) is 0 Å². The van der Waals surface area contributed by atoms with Crippen LogP contribution in [0.4, 0.5) is 13.2 Å². The summed E-state index contributed by atoms with van der Waals surface area (Å²) in [6, 6.07) is 6.40. The van der Waals surface area contributed by atoms with Crippen LogP contribution in [-0.2, 0) is 6.42 Å². The molecule has 0 saturated carbocycles. The van der Waals surface area contributed by atoms with E-state index >= 15 is 0 Å². The lowest BCUT2D eigenvalue weighted by atomic mass is 9.99. The first-order valence-corrected chi connectivity index (χ1v) is 6.12. The van der Waals surface area contributed by atoms with Crippen LogP contribution in [0.15, 0.2) is 30.3 Å². The predicted octanol–water partition coefficient (Wildman–Crippen LogP) is 4.15. The summed E-state index contributed by atoms with van der Waals surface area (Å²) in [4.78, 5) is 12.0. The third-order valence-corrected chi connectivity index (χ3v) is 3.22. The van der Waals surface area contributed by atoms with Crippen molar-refractivity contribution in [3.05, 3.63) is 70.0 Å². The number of Topliss-reactive ketones (excluding diaryl/α,β-unsaturated/α-hetero) is 1. The Hall–Kier alpha value is -2.10. The lowest BCUT2D eigenvalue weighted by molar-refractivity contribution is 0.0984. The van der Waals surface area contributed by atoms with Gasteiger partial charge in [-0.25, -0.2) is 13.2 Å². The minimum Gasteiger partial charge on any atom is -0.294 e. The first-order chi connectivity index (χ1) is 9.38. The highest BCUT2D eigenvalue weighted by atomic mass is 19.1. The van der Waals surface area contributed by atoms with Gasteiger partial charge in [0, 0.05) is 18.6 Å². The summed E-state index contributed by atoms with van der Waals surface area (Å²) in [6.45, 7) is 3.82. The third-order valence-electron chi connectivity index (χ3n) is 3.22. The van der Waals surface area contributed by atoms with Crippen molar-refractivity contribution in [3.63, 3.8) is 0 Å². The van der Waals surface area contributed by atoms with Crippen LogP contribution in [0.1, 0.15) is 27.0 Å². The summed E-state index contributed by atoms with van der Waals surface area (Å²) < 4.78 is 39.8. The van der Waals surface area contributed by atoms with Gasteiger partial charge in [0.15, 0.2) is 5.78 Å². The molecule has 0 amide bonds. The number of halogens is 3. The van der Waals surface area contributed by atoms with E-state index in [1.54, 1.807) is 12.1 Å². The molecule has 0 aliphatic carbocycles. The molecule has 4 heteroatoms. The van der Waals surface area contributed by atoms with Crippen molar-refractivity contribution in [2.24, 2.45) is 0 Å². The molecular formula is C16H13F3O. The smallest absolute Gasteiger partial charge is 0.173 e. The second-order valence-electron chi connectivity index (χ2n) is 4.76. The standard InChI is InChI=1S/C16H13F3O/c1-9-3-4-11(5-10(9)2)6-15(20)16-13(18)7-12(17)8-14(16)19/h3-5,7-8H,6H2,1-2H3. The summed E-state index contributed by atoms with van der Waals surface area (Å²) in [6.07, 6.45) is -0.124. The zero-order valence-corrected chi connectivity index (χ0v) is 11.1. The van der Waals surface area contributed by atoms with Crippen LogP contribution in [0.3, 0.4) is 0 Å². The zero-order chi connectivity index (χ0) is 14.9. The highest BCUT2D eigenvalue weighted by Gasteiger charge is 2.19. The molecule has 2 aromatic rings. The predicted molar refractivity (Wildman–Crippen MR) is 70.3 cm³/mol. The van der Waals surface area contributed by atoms with Gasteiger partial charge in [0.1, 0.15) is 17.5 Å². The van der Waals surface area contributed by atoms with E-state index in [0.717, 1.165) is 11.1 Å². The minimum atomic E-state index is -1.17. The molecule has 2 rings (SSSR count). The van der Waals surface area contributed by atoms with Crippen LogP contribution in [-0.4, -0.2) is 5.78 Å². The fraction of sp³-hybridized carbons (Fsp3) is 0.188. The monoisotopic (exact) mass is 278 g/mol. The van der Waals surface area contributed by atoms with Crippen molar-refractivity contribution in [2.45, 2.75) is 20.3 Å². The topological polar surface area (TPSA) is 17.1 Å². The molecule has 0 heterocycles. The summed E-state index contributed by atoms with van der Waals surface area (Å²) in [5.74, 6) is -4.08. The Morgan fingerprint density at radius 2 is 1.55 bits per heavy atom. The van der Waals surface area contributed by atoms with Crippen molar-refractivity contribution in [3.8, 4) is 0 Å². The first-order valence-electron chi connectivity index (χ1n) is 6.12. The zero-order valence-electron chi connectivity index (χ0n) is 11.1. The van der Waals surface area contributed by atoms with Gasteiger partial charge in [-0.1, -0.05) is 18.2 Å². The van der Waals surface area contributed by atoms with E-state index in [1.807, 2.05) is 19.9 Å². The highest BCUT2D eigenvalue weighted by molar-refractivity contribution is 5.98. The summed E-state index contributed by atoms with van der Waals surface area (Å²) in [7, 11) is 0. The Morgan fingerprint density at radius 3 is 2.10 bits per heavy atom. The number of aryl methyl sites for hydroxylation is 2. The van der Waals surface area contributed by atoms with Gasteiger partial charge in [0.05, 0.1) is 5.56 Å². The third kappa shape index (κ3) is 2.90.